The Morgan fingerprint density at radius 1 is 1.23 bits per heavy atom. The molecule has 132 valence electrons. The van der Waals surface area contributed by atoms with E-state index in [-0.39, 0.29) is 18.1 Å². The Bertz CT molecular complexity index is 981. The molecule has 0 aromatic heterocycles. The molecule has 0 bridgehead atoms. The Labute approximate surface area is 159 Å². The maximum atomic E-state index is 12.2. The molecule has 3 aromatic carbocycles. The first kappa shape index (κ1) is 17.9. The van der Waals surface area contributed by atoms with Crippen LogP contribution in [0.3, 0.4) is 0 Å². The normalized spacial score (nSPS) is 11.0. The van der Waals surface area contributed by atoms with Gasteiger partial charge in [-0.05, 0) is 50.0 Å². The molecule has 3 aromatic rings. The van der Waals surface area contributed by atoms with Crippen molar-refractivity contribution in [3.8, 4) is 11.5 Å². The average Bonchev–Trinajstić information content (AvgIpc) is 2.64. The minimum atomic E-state index is -0.206. The number of hydrogen-bond donors (Lipinski definition) is 2. The fraction of sp³-hybridized carbons (Fsp3) is 0.100. The number of methoxy groups -OCH3 is 1. The molecule has 0 aliphatic heterocycles. The predicted molar refractivity (Wildman–Crippen MR) is 106 cm³/mol. The number of carbonyl (C=O) groups is 1. The second kappa shape index (κ2) is 8.01. The predicted octanol–water partition coefficient (Wildman–Crippen LogP) is 4.01. The van der Waals surface area contributed by atoms with Gasteiger partial charge in [0.05, 0.1) is 24.2 Å². The minimum absolute atomic E-state index is 0.0182. The number of phenolic OH excluding ortho intramolecular Hbond substituents is 1. The van der Waals surface area contributed by atoms with Crippen LogP contribution in [0.5, 0.6) is 11.5 Å². The lowest BCUT2D eigenvalue weighted by molar-refractivity contribution is -0.120. The Morgan fingerprint density at radius 2 is 2.00 bits per heavy atom. The number of hydrazone groups is 1. The molecule has 6 heteroatoms. The van der Waals surface area contributed by atoms with Crippen molar-refractivity contribution < 1.29 is 14.6 Å². The van der Waals surface area contributed by atoms with Gasteiger partial charge in [0.1, 0.15) is 0 Å². The number of amides is 1. The molecule has 0 atom stereocenters. The Hall–Kier alpha value is -2.86. The van der Waals surface area contributed by atoms with E-state index in [0.29, 0.717) is 15.8 Å². The smallest absolute Gasteiger partial charge is 0.244 e. The number of rotatable bonds is 5. The van der Waals surface area contributed by atoms with Crippen LogP contribution in [-0.2, 0) is 11.2 Å². The van der Waals surface area contributed by atoms with Crippen molar-refractivity contribution in [2.45, 2.75) is 6.42 Å². The molecule has 5 nitrogen and oxygen atoms in total. The van der Waals surface area contributed by atoms with Crippen LogP contribution in [0.1, 0.15) is 11.1 Å². The first-order valence-electron chi connectivity index (χ1n) is 7.93. The van der Waals surface area contributed by atoms with Crippen LogP contribution in [0.4, 0.5) is 0 Å². The number of hydrogen-bond acceptors (Lipinski definition) is 4. The van der Waals surface area contributed by atoms with Gasteiger partial charge in [0.25, 0.3) is 0 Å². The van der Waals surface area contributed by atoms with Gasteiger partial charge >= 0.3 is 0 Å². The molecule has 0 aliphatic rings. The highest BCUT2D eigenvalue weighted by Gasteiger charge is 2.08. The summed E-state index contributed by atoms with van der Waals surface area (Å²) in [6.07, 6.45) is 1.73. The summed E-state index contributed by atoms with van der Waals surface area (Å²) < 4.78 is 5.57. The van der Waals surface area contributed by atoms with Gasteiger partial charge in [-0.15, -0.1) is 0 Å². The van der Waals surface area contributed by atoms with Crippen molar-refractivity contribution in [2.75, 3.05) is 7.11 Å². The molecule has 1 amide bonds. The van der Waals surface area contributed by atoms with E-state index in [4.69, 9.17) is 4.74 Å². The summed E-state index contributed by atoms with van der Waals surface area (Å²) in [6.45, 7) is 0. The van der Waals surface area contributed by atoms with E-state index < -0.39 is 0 Å². The van der Waals surface area contributed by atoms with Crippen LogP contribution >= 0.6 is 15.9 Å². The third-order valence-corrected chi connectivity index (χ3v) is 4.51. The second-order valence-electron chi connectivity index (χ2n) is 5.66. The molecular weight excluding hydrogens is 396 g/mol. The molecule has 3 rings (SSSR count). The third-order valence-electron chi connectivity index (χ3n) is 3.90. The molecule has 0 unspecified atom stereocenters. The van der Waals surface area contributed by atoms with E-state index in [9.17, 15) is 9.90 Å². The lowest BCUT2D eigenvalue weighted by atomic mass is 10.0. The van der Waals surface area contributed by atoms with Crippen molar-refractivity contribution in [1.82, 2.24) is 5.43 Å². The number of aromatic hydroxyl groups is 1. The number of nitrogens with one attached hydrogen (secondary N) is 1. The quantitative estimate of drug-likeness (QED) is 0.491. The number of fused-ring (bicyclic) bond motifs is 1. The lowest BCUT2D eigenvalue weighted by Gasteiger charge is -2.07. The zero-order valence-corrected chi connectivity index (χ0v) is 15.7. The standard InChI is InChI=1S/C20H17BrN2O3/c1-26-18-10-13(9-17(21)20(18)25)12-22-23-19(24)11-15-7-4-6-14-5-2-3-8-16(14)15/h2-10,12,25H,11H2,1H3,(H,23,24)/b22-12-. The maximum absolute atomic E-state index is 12.2. The van der Waals surface area contributed by atoms with E-state index in [0.717, 1.165) is 16.3 Å². The van der Waals surface area contributed by atoms with Gasteiger partial charge in [0.15, 0.2) is 11.5 Å². The molecule has 0 saturated carbocycles. The zero-order valence-electron chi connectivity index (χ0n) is 14.1. The van der Waals surface area contributed by atoms with Crippen molar-refractivity contribution in [2.24, 2.45) is 5.10 Å². The van der Waals surface area contributed by atoms with Gasteiger partial charge in [-0.1, -0.05) is 42.5 Å². The number of phenols is 1. The van der Waals surface area contributed by atoms with Crippen molar-refractivity contribution >= 4 is 38.8 Å². The Kier molecular flexibility index (Phi) is 5.53. The summed E-state index contributed by atoms with van der Waals surface area (Å²) in [4.78, 5) is 12.2. The van der Waals surface area contributed by atoms with Crippen molar-refractivity contribution in [3.63, 3.8) is 0 Å². The van der Waals surface area contributed by atoms with Gasteiger partial charge in [-0.3, -0.25) is 4.79 Å². The van der Waals surface area contributed by atoms with Crippen LogP contribution in [0.25, 0.3) is 10.8 Å². The summed E-state index contributed by atoms with van der Waals surface area (Å²) in [5.41, 5.74) is 4.15. The van der Waals surface area contributed by atoms with E-state index in [1.165, 1.54) is 13.3 Å². The number of benzene rings is 3. The molecule has 0 saturated heterocycles. The van der Waals surface area contributed by atoms with Gasteiger partial charge in [0, 0.05) is 0 Å². The van der Waals surface area contributed by atoms with Crippen LogP contribution in [0, 0.1) is 0 Å². The highest BCUT2D eigenvalue weighted by molar-refractivity contribution is 9.10. The molecule has 0 aliphatic carbocycles. The van der Waals surface area contributed by atoms with E-state index in [1.54, 1.807) is 12.1 Å². The average molecular weight is 413 g/mol. The fourth-order valence-corrected chi connectivity index (χ4v) is 3.12. The summed E-state index contributed by atoms with van der Waals surface area (Å²) in [6, 6.07) is 17.1. The lowest BCUT2D eigenvalue weighted by Crippen LogP contribution is -2.19. The SMILES string of the molecule is COc1cc(/C=N\NC(=O)Cc2cccc3ccccc23)cc(Br)c1O. The summed E-state index contributed by atoms with van der Waals surface area (Å²) >= 11 is 3.25. The topological polar surface area (TPSA) is 70.9 Å². The molecular formula is C20H17BrN2O3. The highest BCUT2D eigenvalue weighted by Crippen LogP contribution is 2.34. The van der Waals surface area contributed by atoms with Gasteiger partial charge in [-0.25, -0.2) is 5.43 Å². The van der Waals surface area contributed by atoms with Crippen LogP contribution in [0.15, 0.2) is 64.2 Å². The molecule has 0 spiro atoms. The van der Waals surface area contributed by atoms with Gasteiger partial charge in [-0.2, -0.15) is 5.10 Å². The first-order chi connectivity index (χ1) is 12.6. The number of halogens is 1. The van der Waals surface area contributed by atoms with Gasteiger partial charge < -0.3 is 9.84 Å². The largest absolute Gasteiger partial charge is 0.503 e. The molecule has 0 radical (unpaired) electrons. The highest BCUT2D eigenvalue weighted by atomic mass is 79.9. The van der Waals surface area contributed by atoms with Crippen LogP contribution < -0.4 is 10.2 Å². The summed E-state index contributed by atoms with van der Waals surface area (Å²) in [5, 5.41) is 15.9. The zero-order chi connectivity index (χ0) is 18.5. The fourth-order valence-electron chi connectivity index (χ4n) is 2.66. The number of nitrogens with zero attached hydrogens (tertiary/aromatic N) is 1. The van der Waals surface area contributed by atoms with E-state index in [2.05, 4.69) is 26.5 Å². The number of carbonyl (C=O) groups excluding carboxylic acids is 1. The summed E-state index contributed by atoms with van der Waals surface area (Å²) in [7, 11) is 1.47. The minimum Gasteiger partial charge on any atom is -0.503 e. The van der Waals surface area contributed by atoms with E-state index >= 15 is 0 Å². The monoisotopic (exact) mass is 412 g/mol. The van der Waals surface area contributed by atoms with Gasteiger partial charge in [0.2, 0.25) is 5.91 Å². The number of ether oxygens (including phenoxy) is 1. The third kappa shape index (κ3) is 4.03. The molecule has 0 heterocycles. The molecule has 0 fully saturated rings. The second-order valence-corrected chi connectivity index (χ2v) is 6.52. The van der Waals surface area contributed by atoms with E-state index in [1.807, 2.05) is 42.5 Å². The summed E-state index contributed by atoms with van der Waals surface area (Å²) in [5.74, 6) is 0.134. The first-order valence-corrected chi connectivity index (χ1v) is 8.73. The van der Waals surface area contributed by atoms with Crippen LogP contribution in [0.2, 0.25) is 0 Å². The Balaban J connectivity index is 1.69. The van der Waals surface area contributed by atoms with Crippen molar-refractivity contribution in [1.29, 1.82) is 0 Å². The molecule has 2 N–H and O–H groups in total. The Morgan fingerprint density at radius 3 is 2.81 bits per heavy atom. The van der Waals surface area contributed by atoms with Crippen LogP contribution in [-0.4, -0.2) is 24.3 Å². The maximum Gasteiger partial charge on any atom is 0.244 e. The van der Waals surface area contributed by atoms with Crippen molar-refractivity contribution in [3.05, 3.63) is 70.2 Å². The molecule has 26 heavy (non-hydrogen) atoms.